The third-order valence-electron chi connectivity index (χ3n) is 2.56. The second kappa shape index (κ2) is 3.29. The van der Waals surface area contributed by atoms with Crippen LogP contribution in [0.5, 0.6) is 11.5 Å². The van der Waals surface area contributed by atoms with Gasteiger partial charge in [0.1, 0.15) is 0 Å². The van der Waals surface area contributed by atoms with E-state index in [4.69, 9.17) is 9.47 Å². The Labute approximate surface area is 78.5 Å². The van der Waals surface area contributed by atoms with Crippen molar-refractivity contribution in [2.45, 2.75) is 19.3 Å². The van der Waals surface area contributed by atoms with Gasteiger partial charge in [0, 0.05) is 5.56 Å². The first-order chi connectivity index (χ1) is 6.33. The Morgan fingerprint density at radius 1 is 1.46 bits per heavy atom. The Morgan fingerprint density at radius 2 is 2.31 bits per heavy atom. The van der Waals surface area contributed by atoms with Gasteiger partial charge in [0.05, 0.1) is 13.7 Å². The van der Waals surface area contributed by atoms with Gasteiger partial charge in [0.15, 0.2) is 11.5 Å². The molecule has 2 heteroatoms. The van der Waals surface area contributed by atoms with E-state index in [2.05, 4.69) is 13.0 Å². The summed E-state index contributed by atoms with van der Waals surface area (Å²) in [5, 5.41) is 0. The summed E-state index contributed by atoms with van der Waals surface area (Å²) in [4.78, 5) is 0. The average Bonchev–Trinajstić information content (AvgIpc) is 2.18. The molecule has 0 aliphatic carbocycles. The van der Waals surface area contributed by atoms with Crippen molar-refractivity contribution in [3.63, 3.8) is 0 Å². The molecule has 1 unspecified atom stereocenters. The average molecular weight is 178 g/mol. The number of rotatable bonds is 1. The van der Waals surface area contributed by atoms with Crippen molar-refractivity contribution >= 4 is 0 Å². The summed E-state index contributed by atoms with van der Waals surface area (Å²) >= 11 is 0. The topological polar surface area (TPSA) is 18.5 Å². The van der Waals surface area contributed by atoms with E-state index in [0.717, 1.165) is 24.5 Å². The van der Waals surface area contributed by atoms with E-state index in [1.807, 2.05) is 12.1 Å². The second-order valence-electron chi connectivity index (χ2n) is 3.42. The molecule has 0 saturated carbocycles. The van der Waals surface area contributed by atoms with Gasteiger partial charge in [0.25, 0.3) is 0 Å². The van der Waals surface area contributed by atoms with Crippen LogP contribution in [0.25, 0.3) is 0 Å². The van der Waals surface area contributed by atoms with Crippen LogP contribution >= 0.6 is 0 Å². The second-order valence-corrected chi connectivity index (χ2v) is 3.42. The van der Waals surface area contributed by atoms with E-state index in [9.17, 15) is 0 Å². The van der Waals surface area contributed by atoms with E-state index in [1.165, 1.54) is 5.56 Å². The number of hydrogen-bond acceptors (Lipinski definition) is 2. The number of methoxy groups -OCH3 is 1. The van der Waals surface area contributed by atoms with Crippen molar-refractivity contribution in [2.24, 2.45) is 0 Å². The van der Waals surface area contributed by atoms with Crippen molar-refractivity contribution < 1.29 is 9.47 Å². The SMILES string of the molecule is COc1cccc2c1OCCC2C. The highest BCUT2D eigenvalue weighted by Crippen LogP contribution is 2.39. The van der Waals surface area contributed by atoms with Crippen molar-refractivity contribution in [2.75, 3.05) is 13.7 Å². The zero-order valence-electron chi connectivity index (χ0n) is 8.04. The summed E-state index contributed by atoms with van der Waals surface area (Å²) in [5.41, 5.74) is 1.27. The molecule has 2 rings (SSSR count). The quantitative estimate of drug-likeness (QED) is 0.658. The van der Waals surface area contributed by atoms with E-state index < -0.39 is 0 Å². The van der Waals surface area contributed by atoms with Crippen LogP contribution in [0.15, 0.2) is 18.2 Å². The van der Waals surface area contributed by atoms with Gasteiger partial charge in [-0.05, 0) is 18.4 Å². The Bertz CT molecular complexity index is 307. The van der Waals surface area contributed by atoms with Gasteiger partial charge in [-0.1, -0.05) is 19.1 Å². The molecule has 1 heterocycles. The molecule has 2 nitrogen and oxygen atoms in total. The van der Waals surface area contributed by atoms with E-state index in [-0.39, 0.29) is 0 Å². The Kier molecular flexibility index (Phi) is 2.13. The van der Waals surface area contributed by atoms with Crippen LogP contribution in [-0.4, -0.2) is 13.7 Å². The highest BCUT2D eigenvalue weighted by Gasteiger charge is 2.20. The summed E-state index contributed by atoms with van der Waals surface area (Å²) in [6.45, 7) is 3.02. The standard InChI is InChI=1S/C11H14O2/c1-8-6-7-13-11-9(8)4-3-5-10(11)12-2/h3-5,8H,6-7H2,1-2H3. The normalized spacial score (nSPS) is 20.3. The molecular formula is C11H14O2. The summed E-state index contributed by atoms with van der Waals surface area (Å²) in [6, 6.07) is 6.07. The molecule has 1 aliphatic rings. The van der Waals surface area contributed by atoms with Crippen molar-refractivity contribution in [3.8, 4) is 11.5 Å². The molecule has 13 heavy (non-hydrogen) atoms. The lowest BCUT2D eigenvalue weighted by Gasteiger charge is -2.24. The maximum Gasteiger partial charge on any atom is 0.164 e. The van der Waals surface area contributed by atoms with Crippen LogP contribution in [0.1, 0.15) is 24.8 Å². The van der Waals surface area contributed by atoms with E-state index in [1.54, 1.807) is 7.11 Å². The van der Waals surface area contributed by atoms with Gasteiger partial charge in [0.2, 0.25) is 0 Å². The minimum atomic E-state index is 0.582. The molecule has 0 spiro atoms. The molecule has 1 aliphatic heterocycles. The van der Waals surface area contributed by atoms with Gasteiger partial charge in [-0.2, -0.15) is 0 Å². The molecule has 0 N–H and O–H groups in total. The first-order valence-corrected chi connectivity index (χ1v) is 4.62. The molecule has 0 radical (unpaired) electrons. The third-order valence-corrected chi connectivity index (χ3v) is 2.56. The fraction of sp³-hybridized carbons (Fsp3) is 0.455. The lowest BCUT2D eigenvalue weighted by molar-refractivity contribution is 0.255. The Balaban J connectivity index is 2.48. The van der Waals surface area contributed by atoms with Crippen molar-refractivity contribution in [1.29, 1.82) is 0 Å². The van der Waals surface area contributed by atoms with Crippen LogP contribution in [0.2, 0.25) is 0 Å². The smallest absolute Gasteiger partial charge is 0.164 e. The molecule has 0 saturated heterocycles. The lowest BCUT2D eigenvalue weighted by Crippen LogP contribution is -2.12. The molecule has 70 valence electrons. The molecule has 0 aromatic heterocycles. The van der Waals surface area contributed by atoms with Gasteiger partial charge in [-0.3, -0.25) is 0 Å². The largest absolute Gasteiger partial charge is 0.493 e. The van der Waals surface area contributed by atoms with Gasteiger partial charge >= 0.3 is 0 Å². The number of ether oxygens (including phenoxy) is 2. The lowest BCUT2D eigenvalue weighted by atomic mass is 9.95. The minimum Gasteiger partial charge on any atom is -0.493 e. The molecular weight excluding hydrogens is 164 g/mol. The summed E-state index contributed by atoms with van der Waals surface area (Å²) < 4.78 is 10.8. The molecule has 1 aromatic carbocycles. The fourth-order valence-corrected chi connectivity index (χ4v) is 1.73. The molecule has 0 fully saturated rings. The third kappa shape index (κ3) is 1.37. The maximum absolute atomic E-state index is 5.59. The fourth-order valence-electron chi connectivity index (χ4n) is 1.73. The van der Waals surface area contributed by atoms with Crippen LogP contribution in [-0.2, 0) is 0 Å². The van der Waals surface area contributed by atoms with Crippen LogP contribution in [0.4, 0.5) is 0 Å². The predicted octanol–water partition coefficient (Wildman–Crippen LogP) is 2.58. The number of benzene rings is 1. The Hall–Kier alpha value is -1.18. The van der Waals surface area contributed by atoms with Crippen LogP contribution in [0.3, 0.4) is 0 Å². The first kappa shape index (κ1) is 8.42. The monoisotopic (exact) mass is 178 g/mol. The number of para-hydroxylation sites is 1. The highest BCUT2D eigenvalue weighted by atomic mass is 16.5. The first-order valence-electron chi connectivity index (χ1n) is 4.62. The van der Waals surface area contributed by atoms with Gasteiger partial charge < -0.3 is 9.47 Å². The van der Waals surface area contributed by atoms with Gasteiger partial charge in [-0.15, -0.1) is 0 Å². The minimum absolute atomic E-state index is 0.582. The van der Waals surface area contributed by atoms with Crippen LogP contribution in [0, 0.1) is 0 Å². The van der Waals surface area contributed by atoms with Gasteiger partial charge in [-0.25, -0.2) is 0 Å². The zero-order chi connectivity index (χ0) is 9.26. The van der Waals surface area contributed by atoms with Crippen LogP contribution < -0.4 is 9.47 Å². The molecule has 0 bridgehead atoms. The summed E-state index contributed by atoms with van der Waals surface area (Å²) in [7, 11) is 1.68. The molecule has 1 aromatic rings. The maximum atomic E-state index is 5.59. The summed E-state index contributed by atoms with van der Waals surface area (Å²) in [6.07, 6.45) is 1.10. The van der Waals surface area contributed by atoms with Crippen molar-refractivity contribution in [3.05, 3.63) is 23.8 Å². The Morgan fingerprint density at radius 3 is 3.08 bits per heavy atom. The number of fused-ring (bicyclic) bond motifs is 1. The molecule has 0 amide bonds. The predicted molar refractivity (Wildman–Crippen MR) is 51.5 cm³/mol. The summed E-state index contributed by atoms with van der Waals surface area (Å²) in [5.74, 6) is 2.37. The number of hydrogen-bond donors (Lipinski definition) is 0. The van der Waals surface area contributed by atoms with E-state index >= 15 is 0 Å². The highest BCUT2D eigenvalue weighted by molar-refractivity contribution is 5.48. The zero-order valence-corrected chi connectivity index (χ0v) is 8.04. The molecule has 1 atom stereocenters. The van der Waals surface area contributed by atoms with E-state index in [0.29, 0.717) is 5.92 Å². The van der Waals surface area contributed by atoms with Crippen molar-refractivity contribution in [1.82, 2.24) is 0 Å².